The summed E-state index contributed by atoms with van der Waals surface area (Å²) in [6, 6.07) is 8.78. The van der Waals surface area contributed by atoms with Crippen LogP contribution < -0.4 is 10.6 Å². The van der Waals surface area contributed by atoms with E-state index in [9.17, 15) is 0 Å². The van der Waals surface area contributed by atoms with E-state index < -0.39 is 0 Å². The van der Waals surface area contributed by atoms with Crippen LogP contribution in [0.15, 0.2) is 24.3 Å². The van der Waals surface area contributed by atoms with Crippen LogP contribution in [0.2, 0.25) is 0 Å². The molecule has 1 saturated carbocycles. The van der Waals surface area contributed by atoms with Crippen LogP contribution in [-0.2, 0) is 0 Å². The van der Waals surface area contributed by atoms with Crippen LogP contribution in [0.25, 0.3) is 11.0 Å². The van der Waals surface area contributed by atoms with Gasteiger partial charge in [0.2, 0.25) is 5.95 Å². The van der Waals surface area contributed by atoms with E-state index >= 15 is 0 Å². The lowest BCUT2D eigenvalue weighted by molar-refractivity contribution is 0.598. The van der Waals surface area contributed by atoms with Crippen molar-refractivity contribution in [1.29, 1.82) is 0 Å². The number of hydrogen-bond acceptors (Lipinski definition) is 3. The number of nitrogens with one attached hydrogen (secondary N) is 1. The Hall–Kier alpha value is -1.55. The second kappa shape index (κ2) is 4.98. The predicted octanol–water partition coefficient (Wildman–Crippen LogP) is 2.27. The molecule has 0 bridgehead atoms. The number of para-hydroxylation sites is 2. The van der Waals surface area contributed by atoms with E-state index in [1.807, 2.05) is 18.2 Å². The van der Waals surface area contributed by atoms with Crippen molar-refractivity contribution in [3.8, 4) is 0 Å². The highest BCUT2D eigenvalue weighted by Crippen LogP contribution is 2.27. The monoisotopic (exact) mass is 244 g/mol. The molecule has 1 aliphatic rings. The number of nitrogens with zero attached hydrogens (tertiary/aromatic N) is 2. The lowest BCUT2D eigenvalue weighted by Gasteiger charge is -2.27. The number of fused-ring (bicyclic) bond motifs is 1. The summed E-state index contributed by atoms with van der Waals surface area (Å²) in [7, 11) is 0. The fourth-order valence-electron chi connectivity index (χ4n) is 2.89. The molecule has 0 aliphatic heterocycles. The summed E-state index contributed by atoms with van der Waals surface area (Å²) in [6.07, 6.45) is 5.17. The summed E-state index contributed by atoms with van der Waals surface area (Å²) in [5.41, 5.74) is 7.88. The Morgan fingerprint density at radius 3 is 2.78 bits per heavy atom. The third-order valence-corrected chi connectivity index (χ3v) is 3.78. The quantitative estimate of drug-likeness (QED) is 0.867. The molecule has 3 rings (SSSR count). The van der Waals surface area contributed by atoms with Crippen LogP contribution in [0.5, 0.6) is 0 Å². The van der Waals surface area contributed by atoms with E-state index in [4.69, 9.17) is 10.7 Å². The zero-order valence-corrected chi connectivity index (χ0v) is 10.6. The minimum absolute atomic E-state index is 0.606. The Morgan fingerprint density at radius 1 is 1.28 bits per heavy atom. The van der Waals surface area contributed by atoms with Crippen LogP contribution in [-0.4, -0.2) is 29.1 Å². The molecule has 1 aromatic heterocycles. The normalized spacial score (nSPS) is 16.5. The molecule has 2 aromatic rings. The van der Waals surface area contributed by atoms with Gasteiger partial charge in [0.25, 0.3) is 0 Å². The highest BCUT2D eigenvalue weighted by molar-refractivity contribution is 5.77. The SMILES string of the molecule is NCCN(c1nc2ccccc2[nH]1)C1CCCC1. The second-order valence-electron chi connectivity index (χ2n) is 5.00. The van der Waals surface area contributed by atoms with Crippen molar-refractivity contribution >= 4 is 17.0 Å². The summed E-state index contributed by atoms with van der Waals surface area (Å²) >= 11 is 0. The molecule has 1 aliphatic carbocycles. The molecule has 3 N–H and O–H groups in total. The number of aromatic nitrogens is 2. The lowest BCUT2D eigenvalue weighted by atomic mass is 10.2. The van der Waals surface area contributed by atoms with Gasteiger partial charge in [0.05, 0.1) is 11.0 Å². The van der Waals surface area contributed by atoms with Gasteiger partial charge in [0, 0.05) is 19.1 Å². The minimum atomic E-state index is 0.606. The Kier molecular flexibility index (Phi) is 3.19. The van der Waals surface area contributed by atoms with E-state index in [2.05, 4.69) is 16.0 Å². The van der Waals surface area contributed by atoms with Gasteiger partial charge in [-0.25, -0.2) is 4.98 Å². The Labute approximate surface area is 107 Å². The highest BCUT2D eigenvalue weighted by atomic mass is 15.3. The molecule has 0 radical (unpaired) electrons. The fourth-order valence-corrected chi connectivity index (χ4v) is 2.89. The maximum atomic E-state index is 5.75. The number of benzene rings is 1. The topological polar surface area (TPSA) is 57.9 Å². The number of H-pyrrole nitrogens is 1. The third kappa shape index (κ3) is 2.08. The Bertz CT molecular complexity index is 480. The molecule has 0 amide bonds. The number of nitrogens with two attached hydrogens (primary N) is 1. The van der Waals surface area contributed by atoms with Gasteiger partial charge in [0.15, 0.2) is 0 Å². The van der Waals surface area contributed by atoms with Gasteiger partial charge in [-0.15, -0.1) is 0 Å². The van der Waals surface area contributed by atoms with Gasteiger partial charge >= 0.3 is 0 Å². The molecule has 0 atom stereocenters. The summed E-state index contributed by atoms with van der Waals surface area (Å²) in [5, 5.41) is 0. The fraction of sp³-hybridized carbons (Fsp3) is 0.500. The van der Waals surface area contributed by atoms with Crippen molar-refractivity contribution in [2.24, 2.45) is 5.73 Å². The van der Waals surface area contributed by atoms with Crippen LogP contribution in [0, 0.1) is 0 Å². The zero-order valence-electron chi connectivity index (χ0n) is 10.6. The van der Waals surface area contributed by atoms with Crippen molar-refractivity contribution < 1.29 is 0 Å². The number of hydrogen-bond donors (Lipinski definition) is 2. The summed E-state index contributed by atoms with van der Waals surface area (Å²) in [6.45, 7) is 1.55. The first-order valence-corrected chi connectivity index (χ1v) is 6.80. The van der Waals surface area contributed by atoms with E-state index in [0.717, 1.165) is 23.5 Å². The van der Waals surface area contributed by atoms with Crippen molar-refractivity contribution in [3.05, 3.63) is 24.3 Å². The van der Waals surface area contributed by atoms with Crippen molar-refractivity contribution in [2.75, 3.05) is 18.0 Å². The number of rotatable bonds is 4. The molecule has 1 heterocycles. The third-order valence-electron chi connectivity index (χ3n) is 3.78. The first-order chi connectivity index (χ1) is 8.88. The first-order valence-electron chi connectivity index (χ1n) is 6.80. The van der Waals surface area contributed by atoms with Crippen LogP contribution in [0.1, 0.15) is 25.7 Å². The maximum Gasteiger partial charge on any atom is 0.204 e. The van der Waals surface area contributed by atoms with E-state index in [1.54, 1.807) is 0 Å². The molecular formula is C14H20N4. The van der Waals surface area contributed by atoms with Crippen molar-refractivity contribution in [1.82, 2.24) is 9.97 Å². The first kappa shape index (κ1) is 11.5. The lowest BCUT2D eigenvalue weighted by Crippen LogP contribution is -2.38. The number of imidazole rings is 1. The summed E-state index contributed by atoms with van der Waals surface area (Å²) < 4.78 is 0. The van der Waals surface area contributed by atoms with Crippen molar-refractivity contribution in [2.45, 2.75) is 31.7 Å². The maximum absolute atomic E-state index is 5.75. The molecule has 4 heteroatoms. The van der Waals surface area contributed by atoms with E-state index in [0.29, 0.717) is 12.6 Å². The van der Waals surface area contributed by atoms with Gasteiger partial charge in [0.1, 0.15) is 0 Å². The van der Waals surface area contributed by atoms with Gasteiger partial charge in [-0.05, 0) is 25.0 Å². The van der Waals surface area contributed by atoms with Gasteiger partial charge in [-0.2, -0.15) is 0 Å². The molecule has 0 spiro atoms. The Morgan fingerprint density at radius 2 is 2.06 bits per heavy atom. The molecule has 0 saturated heterocycles. The van der Waals surface area contributed by atoms with Crippen molar-refractivity contribution in [3.63, 3.8) is 0 Å². The average Bonchev–Trinajstić information content (AvgIpc) is 3.04. The number of aromatic amines is 1. The molecule has 18 heavy (non-hydrogen) atoms. The molecule has 1 fully saturated rings. The molecule has 0 unspecified atom stereocenters. The van der Waals surface area contributed by atoms with Gasteiger partial charge in [-0.3, -0.25) is 0 Å². The van der Waals surface area contributed by atoms with Gasteiger partial charge < -0.3 is 15.6 Å². The van der Waals surface area contributed by atoms with Crippen LogP contribution in [0.3, 0.4) is 0 Å². The van der Waals surface area contributed by atoms with E-state index in [1.165, 1.54) is 25.7 Å². The molecule has 96 valence electrons. The van der Waals surface area contributed by atoms with Gasteiger partial charge in [-0.1, -0.05) is 25.0 Å². The second-order valence-corrected chi connectivity index (χ2v) is 5.00. The highest BCUT2D eigenvalue weighted by Gasteiger charge is 2.24. The summed E-state index contributed by atoms with van der Waals surface area (Å²) in [5.74, 6) is 0.980. The largest absolute Gasteiger partial charge is 0.338 e. The smallest absolute Gasteiger partial charge is 0.204 e. The minimum Gasteiger partial charge on any atom is -0.338 e. The molecular weight excluding hydrogens is 224 g/mol. The zero-order chi connectivity index (χ0) is 12.4. The standard InChI is InChI=1S/C14H20N4/c15-9-10-18(11-5-1-2-6-11)14-16-12-7-3-4-8-13(12)17-14/h3-4,7-8,11H,1-2,5-6,9-10,15H2,(H,16,17). The number of anilines is 1. The van der Waals surface area contributed by atoms with E-state index in [-0.39, 0.29) is 0 Å². The average molecular weight is 244 g/mol. The van der Waals surface area contributed by atoms with Crippen LogP contribution in [0.4, 0.5) is 5.95 Å². The molecule has 4 nitrogen and oxygen atoms in total. The van der Waals surface area contributed by atoms with Crippen LogP contribution >= 0.6 is 0 Å². The predicted molar refractivity (Wildman–Crippen MR) is 74.8 cm³/mol. The Balaban J connectivity index is 1.92. The molecule has 1 aromatic carbocycles. The summed E-state index contributed by atoms with van der Waals surface area (Å²) in [4.78, 5) is 10.5.